The molecule has 0 radical (unpaired) electrons. The van der Waals surface area contributed by atoms with Gasteiger partial charge in [-0.25, -0.2) is 4.39 Å². The molecule has 1 saturated carbocycles. The first-order valence-electron chi connectivity index (χ1n) is 7.63. The van der Waals surface area contributed by atoms with Crippen LogP contribution in [-0.2, 0) is 6.54 Å². The minimum atomic E-state index is -2.94. The third-order valence-electron chi connectivity index (χ3n) is 3.82. The summed E-state index contributed by atoms with van der Waals surface area (Å²) in [6, 6.07) is 11.9. The summed E-state index contributed by atoms with van der Waals surface area (Å²) in [4.78, 5) is 14.4. The number of amides is 1. The Bertz CT molecular complexity index is 714. The van der Waals surface area contributed by atoms with Gasteiger partial charge in [0.2, 0.25) is 0 Å². The number of hydrogen-bond acceptors (Lipinski definition) is 2. The van der Waals surface area contributed by atoms with Crippen molar-refractivity contribution in [3.05, 3.63) is 65.5 Å². The van der Waals surface area contributed by atoms with E-state index in [0.717, 1.165) is 18.4 Å². The highest BCUT2D eigenvalue weighted by Gasteiger charge is 2.33. The Balaban J connectivity index is 1.78. The normalized spacial score (nSPS) is 13.8. The fourth-order valence-electron chi connectivity index (χ4n) is 2.51. The molecule has 1 fully saturated rings. The number of carbonyl (C=O) groups excluding carboxylic acids is 1. The summed E-state index contributed by atoms with van der Waals surface area (Å²) in [5.41, 5.74) is 1.11. The molecule has 2 aromatic rings. The van der Waals surface area contributed by atoms with Crippen LogP contribution in [0.4, 0.5) is 13.2 Å². The van der Waals surface area contributed by atoms with Gasteiger partial charge in [-0.3, -0.25) is 4.79 Å². The topological polar surface area (TPSA) is 29.5 Å². The Morgan fingerprint density at radius 1 is 1.17 bits per heavy atom. The van der Waals surface area contributed by atoms with Gasteiger partial charge in [-0.1, -0.05) is 18.2 Å². The van der Waals surface area contributed by atoms with E-state index in [1.54, 1.807) is 23.1 Å². The third-order valence-corrected chi connectivity index (χ3v) is 3.82. The van der Waals surface area contributed by atoms with Gasteiger partial charge in [-0.05, 0) is 48.7 Å². The van der Waals surface area contributed by atoms with E-state index < -0.39 is 6.61 Å². The van der Waals surface area contributed by atoms with Crippen molar-refractivity contribution in [1.82, 2.24) is 4.90 Å². The van der Waals surface area contributed by atoms with Crippen LogP contribution in [0.1, 0.15) is 28.8 Å². The van der Waals surface area contributed by atoms with Crippen LogP contribution < -0.4 is 4.74 Å². The molecule has 3 nitrogen and oxygen atoms in total. The maximum Gasteiger partial charge on any atom is 0.387 e. The Hall–Kier alpha value is -2.50. The van der Waals surface area contributed by atoms with Gasteiger partial charge in [0.25, 0.3) is 5.91 Å². The maximum atomic E-state index is 13.0. The first-order chi connectivity index (χ1) is 11.5. The van der Waals surface area contributed by atoms with Gasteiger partial charge in [0.15, 0.2) is 0 Å². The van der Waals surface area contributed by atoms with Gasteiger partial charge in [-0.2, -0.15) is 8.78 Å². The maximum absolute atomic E-state index is 13.0. The number of carbonyl (C=O) groups is 1. The largest absolute Gasteiger partial charge is 0.435 e. The standard InChI is InChI=1S/C18H16F3NO2/c19-14-6-4-12(5-7-14)11-22(15-8-9-15)17(23)13-2-1-3-16(10-13)24-18(20)21/h1-7,10,15,18H,8-9,11H2. The molecule has 0 bridgehead atoms. The smallest absolute Gasteiger partial charge is 0.387 e. The highest BCUT2D eigenvalue weighted by atomic mass is 19.3. The molecule has 126 valence electrons. The van der Waals surface area contributed by atoms with Crippen molar-refractivity contribution in [2.24, 2.45) is 0 Å². The molecule has 0 aromatic heterocycles. The SMILES string of the molecule is O=C(c1cccc(OC(F)F)c1)N(Cc1ccc(F)cc1)C1CC1. The second-order valence-corrected chi connectivity index (χ2v) is 5.70. The summed E-state index contributed by atoms with van der Waals surface area (Å²) in [6.45, 7) is -2.59. The molecule has 0 aliphatic heterocycles. The molecular formula is C18H16F3NO2. The average Bonchev–Trinajstić information content (AvgIpc) is 3.38. The van der Waals surface area contributed by atoms with Crippen molar-refractivity contribution in [2.45, 2.75) is 32.0 Å². The number of benzene rings is 2. The first-order valence-corrected chi connectivity index (χ1v) is 7.63. The second-order valence-electron chi connectivity index (χ2n) is 5.70. The van der Waals surface area contributed by atoms with E-state index in [-0.39, 0.29) is 23.5 Å². The number of rotatable bonds is 6. The van der Waals surface area contributed by atoms with Crippen molar-refractivity contribution in [2.75, 3.05) is 0 Å². The van der Waals surface area contributed by atoms with E-state index in [1.165, 1.54) is 30.3 Å². The van der Waals surface area contributed by atoms with Crippen LogP contribution >= 0.6 is 0 Å². The number of halogens is 3. The Kier molecular flexibility index (Phi) is 4.74. The Morgan fingerprint density at radius 2 is 1.88 bits per heavy atom. The average molecular weight is 335 g/mol. The molecule has 0 N–H and O–H groups in total. The summed E-state index contributed by atoms with van der Waals surface area (Å²) in [6.07, 6.45) is 1.81. The predicted molar refractivity (Wildman–Crippen MR) is 82.4 cm³/mol. The van der Waals surface area contributed by atoms with E-state index in [1.807, 2.05) is 0 Å². The van der Waals surface area contributed by atoms with Crippen molar-refractivity contribution < 1.29 is 22.7 Å². The molecule has 24 heavy (non-hydrogen) atoms. The number of nitrogens with zero attached hydrogens (tertiary/aromatic N) is 1. The zero-order chi connectivity index (χ0) is 17.1. The predicted octanol–water partition coefficient (Wildman–Crippen LogP) is 4.23. The van der Waals surface area contributed by atoms with Crippen LogP contribution in [0.2, 0.25) is 0 Å². The van der Waals surface area contributed by atoms with E-state index in [9.17, 15) is 18.0 Å². The molecular weight excluding hydrogens is 319 g/mol. The monoisotopic (exact) mass is 335 g/mol. The minimum Gasteiger partial charge on any atom is -0.435 e. The van der Waals surface area contributed by atoms with Gasteiger partial charge >= 0.3 is 6.61 Å². The lowest BCUT2D eigenvalue weighted by atomic mass is 10.1. The lowest BCUT2D eigenvalue weighted by molar-refractivity contribution is -0.0499. The highest BCUT2D eigenvalue weighted by Crippen LogP contribution is 2.30. The van der Waals surface area contributed by atoms with Crippen LogP contribution in [0.25, 0.3) is 0 Å². The molecule has 3 rings (SSSR count). The third kappa shape index (κ3) is 4.07. The Morgan fingerprint density at radius 3 is 2.50 bits per heavy atom. The first kappa shape index (κ1) is 16.4. The fourth-order valence-corrected chi connectivity index (χ4v) is 2.51. The van der Waals surface area contributed by atoms with Crippen molar-refractivity contribution >= 4 is 5.91 Å². The number of alkyl halides is 2. The van der Waals surface area contributed by atoms with Gasteiger partial charge in [0, 0.05) is 18.2 Å². The molecule has 1 aliphatic carbocycles. The summed E-state index contributed by atoms with van der Waals surface area (Å²) < 4.78 is 42.0. The van der Waals surface area contributed by atoms with Crippen LogP contribution in [0.3, 0.4) is 0 Å². The quantitative estimate of drug-likeness (QED) is 0.790. The molecule has 1 amide bonds. The zero-order valence-corrected chi connectivity index (χ0v) is 12.8. The van der Waals surface area contributed by atoms with E-state index in [2.05, 4.69) is 4.74 Å². The summed E-state index contributed by atoms with van der Waals surface area (Å²) >= 11 is 0. The van der Waals surface area contributed by atoms with Gasteiger partial charge in [0.1, 0.15) is 11.6 Å². The number of hydrogen-bond donors (Lipinski definition) is 0. The fraction of sp³-hybridized carbons (Fsp3) is 0.278. The molecule has 0 unspecified atom stereocenters. The van der Waals surface area contributed by atoms with Crippen LogP contribution in [0.5, 0.6) is 5.75 Å². The lowest BCUT2D eigenvalue weighted by Crippen LogP contribution is -2.32. The van der Waals surface area contributed by atoms with Crippen LogP contribution in [0, 0.1) is 5.82 Å². The van der Waals surface area contributed by atoms with Crippen molar-refractivity contribution in [1.29, 1.82) is 0 Å². The van der Waals surface area contributed by atoms with Gasteiger partial charge in [0.05, 0.1) is 0 Å². The molecule has 0 saturated heterocycles. The molecule has 1 aliphatic rings. The number of ether oxygens (including phenoxy) is 1. The van der Waals surface area contributed by atoms with Gasteiger partial charge in [-0.15, -0.1) is 0 Å². The molecule has 6 heteroatoms. The van der Waals surface area contributed by atoms with E-state index >= 15 is 0 Å². The summed E-state index contributed by atoms with van der Waals surface area (Å²) in [5.74, 6) is -0.630. The molecule has 2 aromatic carbocycles. The molecule has 0 atom stereocenters. The van der Waals surface area contributed by atoms with Crippen LogP contribution in [0.15, 0.2) is 48.5 Å². The lowest BCUT2D eigenvalue weighted by Gasteiger charge is -2.23. The Labute approximate surface area is 137 Å². The van der Waals surface area contributed by atoms with E-state index in [4.69, 9.17) is 0 Å². The van der Waals surface area contributed by atoms with Crippen molar-refractivity contribution in [3.8, 4) is 5.75 Å². The highest BCUT2D eigenvalue weighted by molar-refractivity contribution is 5.95. The van der Waals surface area contributed by atoms with Gasteiger partial charge < -0.3 is 9.64 Å². The summed E-state index contributed by atoms with van der Waals surface area (Å²) in [5, 5.41) is 0. The van der Waals surface area contributed by atoms with Crippen molar-refractivity contribution in [3.63, 3.8) is 0 Å². The minimum absolute atomic E-state index is 0.0478. The summed E-state index contributed by atoms with van der Waals surface area (Å²) in [7, 11) is 0. The molecule has 0 spiro atoms. The zero-order valence-electron chi connectivity index (χ0n) is 12.8. The second kappa shape index (κ2) is 6.95. The molecule has 0 heterocycles. The van der Waals surface area contributed by atoms with E-state index in [0.29, 0.717) is 12.1 Å². The van der Waals surface area contributed by atoms with Crippen LogP contribution in [-0.4, -0.2) is 23.5 Å².